The summed E-state index contributed by atoms with van der Waals surface area (Å²) in [7, 11) is 3.28. The first-order valence-corrected chi connectivity index (χ1v) is 7.95. The Labute approximate surface area is 136 Å². The van der Waals surface area contributed by atoms with Gasteiger partial charge in [0.1, 0.15) is 6.04 Å². The SMILES string of the molecule is CC.CNc1cccc2c1CN(C1CCC(=O)N(C)C1=O)C2=O. The Balaban J connectivity index is 0.000000924. The van der Waals surface area contributed by atoms with Crippen molar-refractivity contribution in [1.82, 2.24) is 9.80 Å². The van der Waals surface area contributed by atoms with Gasteiger partial charge >= 0.3 is 0 Å². The third-order valence-corrected chi connectivity index (χ3v) is 4.26. The summed E-state index contributed by atoms with van der Waals surface area (Å²) < 4.78 is 0. The molecule has 0 radical (unpaired) electrons. The van der Waals surface area contributed by atoms with Crippen LogP contribution in [0.4, 0.5) is 5.69 Å². The van der Waals surface area contributed by atoms with Crippen LogP contribution in [0.25, 0.3) is 0 Å². The maximum atomic E-state index is 12.5. The highest BCUT2D eigenvalue weighted by Gasteiger charge is 2.41. The van der Waals surface area contributed by atoms with Gasteiger partial charge in [-0.2, -0.15) is 0 Å². The molecule has 1 saturated heterocycles. The minimum Gasteiger partial charge on any atom is -0.388 e. The predicted molar refractivity (Wildman–Crippen MR) is 88.0 cm³/mol. The molecule has 23 heavy (non-hydrogen) atoms. The number of anilines is 1. The smallest absolute Gasteiger partial charge is 0.255 e. The van der Waals surface area contributed by atoms with E-state index in [1.54, 1.807) is 18.0 Å². The Bertz CT molecular complexity index is 642. The zero-order chi connectivity index (χ0) is 17.1. The molecule has 1 aromatic carbocycles. The van der Waals surface area contributed by atoms with Crippen molar-refractivity contribution in [1.29, 1.82) is 0 Å². The van der Waals surface area contributed by atoms with Crippen LogP contribution in [-0.2, 0) is 16.1 Å². The Hall–Kier alpha value is -2.37. The molecule has 0 bridgehead atoms. The number of amides is 3. The number of piperidine rings is 1. The molecule has 1 unspecified atom stereocenters. The number of rotatable bonds is 2. The molecule has 0 saturated carbocycles. The second-order valence-corrected chi connectivity index (χ2v) is 5.36. The summed E-state index contributed by atoms with van der Waals surface area (Å²) in [5.74, 6) is -0.613. The molecule has 1 fully saturated rings. The zero-order valence-electron chi connectivity index (χ0n) is 14.0. The monoisotopic (exact) mass is 317 g/mol. The molecule has 0 aliphatic carbocycles. The average molecular weight is 317 g/mol. The fourth-order valence-electron chi connectivity index (χ4n) is 3.03. The van der Waals surface area contributed by atoms with E-state index in [1.807, 2.05) is 26.0 Å². The number of likely N-dealkylation sites (N-methyl/N-ethyl adjacent to an activating group) is 1. The summed E-state index contributed by atoms with van der Waals surface area (Å²) in [6.45, 7) is 4.41. The van der Waals surface area contributed by atoms with Crippen LogP contribution in [0.5, 0.6) is 0 Å². The normalized spacial score (nSPS) is 20.2. The lowest BCUT2D eigenvalue weighted by molar-refractivity contribution is -0.150. The summed E-state index contributed by atoms with van der Waals surface area (Å²) in [5, 5.41) is 3.07. The van der Waals surface area contributed by atoms with E-state index >= 15 is 0 Å². The van der Waals surface area contributed by atoms with E-state index in [4.69, 9.17) is 0 Å². The summed E-state index contributed by atoms with van der Waals surface area (Å²) in [4.78, 5) is 39.1. The maximum absolute atomic E-state index is 12.5. The Morgan fingerprint density at radius 3 is 2.52 bits per heavy atom. The highest BCUT2D eigenvalue weighted by molar-refractivity contribution is 6.05. The number of benzene rings is 1. The Morgan fingerprint density at radius 1 is 1.17 bits per heavy atom. The van der Waals surface area contributed by atoms with Gasteiger partial charge in [-0.1, -0.05) is 19.9 Å². The van der Waals surface area contributed by atoms with Gasteiger partial charge in [0.05, 0.1) is 0 Å². The van der Waals surface area contributed by atoms with Gasteiger partial charge in [-0.3, -0.25) is 19.3 Å². The fraction of sp³-hybridized carbons (Fsp3) is 0.471. The standard InChI is InChI=1S/C15H17N3O3.C2H6/c1-16-11-5-3-4-9-10(11)8-18(14(9)20)12-6-7-13(19)17(2)15(12)21;1-2/h3-5,12,16H,6-8H2,1-2H3;1-2H3. The number of nitrogens with one attached hydrogen (secondary N) is 1. The van der Waals surface area contributed by atoms with Crippen LogP contribution in [0.3, 0.4) is 0 Å². The molecule has 2 aliphatic rings. The van der Waals surface area contributed by atoms with Gasteiger partial charge in [0.15, 0.2) is 0 Å². The second kappa shape index (κ2) is 6.81. The van der Waals surface area contributed by atoms with Crippen molar-refractivity contribution in [2.45, 2.75) is 39.3 Å². The lowest BCUT2D eigenvalue weighted by atomic mass is 10.0. The van der Waals surface area contributed by atoms with Gasteiger partial charge in [0, 0.05) is 43.9 Å². The molecule has 3 rings (SSSR count). The van der Waals surface area contributed by atoms with E-state index in [0.717, 1.165) is 16.2 Å². The van der Waals surface area contributed by atoms with Crippen LogP contribution in [0.1, 0.15) is 42.6 Å². The van der Waals surface area contributed by atoms with Crippen molar-refractivity contribution in [3.8, 4) is 0 Å². The van der Waals surface area contributed by atoms with Crippen molar-refractivity contribution in [3.63, 3.8) is 0 Å². The molecule has 1 atom stereocenters. The number of imide groups is 1. The van der Waals surface area contributed by atoms with Gasteiger partial charge in [0.2, 0.25) is 5.91 Å². The molecular weight excluding hydrogens is 294 g/mol. The van der Waals surface area contributed by atoms with E-state index < -0.39 is 6.04 Å². The number of hydrogen-bond donors (Lipinski definition) is 1. The van der Waals surface area contributed by atoms with Crippen LogP contribution in [-0.4, -0.2) is 47.7 Å². The van der Waals surface area contributed by atoms with Crippen LogP contribution < -0.4 is 5.32 Å². The second-order valence-electron chi connectivity index (χ2n) is 5.36. The van der Waals surface area contributed by atoms with E-state index in [9.17, 15) is 14.4 Å². The molecular formula is C17H23N3O3. The van der Waals surface area contributed by atoms with Crippen molar-refractivity contribution in [3.05, 3.63) is 29.3 Å². The molecule has 124 valence electrons. The fourth-order valence-corrected chi connectivity index (χ4v) is 3.03. The van der Waals surface area contributed by atoms with Crippen LogP contribution in [0, 0.1) is 0 Å². The molecule has 1 aromatic rings. The van der Waals surface area contributed by atoms with Crippen LogP contribution in [0.15, 0.2) is 18.2 Å². The van der Waals surface area contributed by atoms with Gasteiger partial charge in [0.25, 0.3) is 11.8 Å². The van der Waals surface area contributed by atoms with Gasteiger partial charge in [-0.25, -0.2) is 0 Å². The van der Waals surface area contributed by atoms with Crippen LogP contribution >= 0.6 is 0 Å². The van der Waals surface area contributed by atoms with Crippen molar-refractivity contribution < 1.29 is 14.4 Å². The van der Waals surface area contributed by atoms with E-state index in [2.05, 4.69) is 5.32 Å². The molecule has 0 aromatic heterocycles. The summed E-state index contributed by atoms with van der Waals surface area (Å²) in [6.07, 6.45) is 0.697. The van der Waals surface area contributed by atoms with E-state index in [1.165, 1.54) is 7.05 Å². The highest BCUT2D eigenvalue weighted by atomic mass is 16.2. The van der Waals surface area contributed by atoms with Gasteiger partial charge in [-0.05, 0) is 18.6 Å². The summed E-state index contributed by atoms with van der Waals surface area (Å²) in [5.41, 5.74) is 2.45. The Kier molecular flexibility index (Phi) is 5.03. The topological polar surface area (TPSA) is 69.7 Å². The van der Waals surface area contributed by atoms with Crippen molar-refractivity contribution >= 4 is 23.4 Å². The number of hydrogen-bond acceptors (Lipinski definition) is 4. The summed E-state index contributed by atoms with van der Waals surface area (Å²) >= 11 is 0. The molecule has 6 heteroatoms. The molecule has 1 N–H and O–H groups in total. The predicted octanol–water partition coefficient (Wildman–Crippen LogP) is 1.86. The maximum Gasteiger partial charge on any atom is 0.255 e. The Morgan fingerprint density at radius 2 is 1.87 bits per heavy atom. The lowest BCUT2D eigenvalue weighted by Crippen LogP contribution is -2.53. The molecule has 0 spiro atoms. The largest absolute Gasteiger partial charge is 0.388 e. The molecule has 2 aliphatic heterocycles. The number of nitrogens with zero attached hydrogens (tertiary/aromatic N) is 2. The number of likely N-dealkylation sites (tertiary alicyclic amines) is 1. The molecule has 3 amide bonds. The first-order chi connectivity index (χ1) is 11.0. The first-order valence-electron chi connectivity index (χ1n) is 7.95. The van der Waals surface area contributed by atoms with E-state index in [0.29, 0.717) is 24.9 Å². The third kappa shape index (κ3) is 2.81. The summed E-state index contributed by atoms with van der Waals surface area (Å²) in [6, 6.07) is 4.97. The van der Waals surface area contributed by atoms with Gasteiger partial charge < -0.3 is 10.2 Å². The minimum absolute atomic E-state index is 0.136. The van der Waals surface area contributed by atoms with Crippen molar-refractivity contribution in [2.24, 2.45) is 0 Å². The van der Waals surface area contributed by atoms with Crippen LogP contribution in [0.2, 0.25) is 0 Å². The average Bonchev–Trinajstić information content (AvgIpc) is 2.92. The number of carbonyl (C=O) groups excluding carboxylic acids is 3. The third-order valence-electron chi connectivity index (χ3n) is 4.26. The lowest BCUT2D eigenvalue weighted by Gasteiger charge is -2.33. The van der Waals surface area contributed by atoms with Gasteiger partial charge in [-0.15, -0.1) is 0 Å². The number of carbonyl (C=O) groups is 3. The zero-order valence-corrected chi connectivity index (χ0v) is 14.0. The van der Waals surface area contributed by atoms with E-state index in [-0.39, 0.29) is 17.7 Å². The number of fused-ring (bicyclic) bond motifs is 1. The first kappa shape index (κ1) is 17.0. The highest BCUT2D eigenvalue weighted by Crippen LogP contribution is 2.32. The molecule has 6 nitrogen and oxygen atoms in total. The quantitative estimate of drug-likeness (QED) is 0.845. The molecule has 2 heterocycles. The minimum atomic E-state index is -0.544. The van der Waals surface area contributed by atoms with Crippen molar-refractivity contribution in [2.75, 3.05) is 19.4 Å².